The number of likely N-dealkylation sites (tertiary alicyclic amines) is 2. The normalized spacial score (nSPS) is 25.9. The maximum Gasteiger partial charge on any atom is 0.407 e. The molecule has 2 N–H and O–H groups in total. The van der Waals surface area contributed by atoms with Gasteiger partial charge in [-0.25, -0.2) is 4.79 Å². The van der Waals surface area contributed by atoms with Crippen LogP contribution in [0.2, 0.25) is 0 Å². The van der Waals surface area contributed by atoms with Gasteiger partial charge in [0.15, 0.2) is 0 Å². The molecule has 6 nitrogen and oxygen atoms in total. The predicted molar refractivity (Wildman–Crippen MR) is 123 cm³/mol. The van der Waals surface area contributed by atoms with E-state index in [0.29, 0.717) is 24.9 Å². The van der Waals surface area contributed by atoms with Crippen LogP contribution in [0.15, 0.2) is 24.3 Å². The molecule has 4 atom stereocenters. The summed E-state index contributed by atoms with van der Waals surface area (Å²) in [4.78, 5) is 15.8. The molecule has 0 radical (unpaired) electrons. The number of aliphatic hydroxyl groups excluding tert-OH is 1. The van der Waals surface area contributed by atoms with Crippen LogP contribution in [0, 0.1) is 17.3 Å². The van der Waals surface area contributed by atoms with Crippen molar-refractivity contribution in [2.24, 2.45) is 17.3 Å². The van der Waals surface area contributed by atoms with Crippen LogP contribution in [0.5, 0.6) is 5.75 Å². The van der Waals surface area contributed by atoms with E-state index in [4.69, 9.17) is 4.74 Å². The van der Waals surface area contributed by atoms with E-state index in [1.54, 1.807) is 4.90 Å². The maximum atomic E-state index is 11.9. The monoisotopic (exact) mass is 432 g/mol. The summed E-state index contributed by atoms with van der Waals surface area (Å²) in [5.74, 6) is 1.39. The second kappa shape index (κ2) is 8.99. The molecular formula is C25H40N2O4. The number of hydrogen-bond donors (Lipinski definition) is 2. The molecule has 0 saturated carbocycles. The lowest BCUT2D eigenvalue weighted by Gasteiger charge is -2.54. The number of amides is 1. The van der Waals surface area contributed by atoms with E-state index in [1.807, 2.05) is 12.1 Å². The highest BCUT2D eigenvalue weighted by Crippen LogP contribution is 2.41. The zero-order valence-corrected chi connectivity index (χ0v) is 20.0. The molecule has 0 aromatic heterocycles. The molecule has 0 spiro atoms. The van der Waals surface area contributed by atoms with E-state index >= 15 is 0 Å². The number of hydrogen-bond acceptors (Lipinski definition) is 4. The Labute approximate surface area is 187 Å². The quantitative estimate of drug-likeness (QED) is 0.734. The Hall–Kier alpha value is -1.79. The third-order valence-electron chi connectivity index (χ3n) is 6.65. The van der Waals surface area contributed by atoms with Crippen LogP contribution in [0.1, 0.15) is 53.5 Å². The largest absolute Gasteiger partial charge is 0.491 e. The van der Waals surface area contributed by atoms with Crippen molar-refractivity contribution in [3.63, 3.8) is 0 Å². The number of piperidine rings is 2. The fourth-order valence-corrected chi connectivity index (χ4v) is 5.47. The van der Waals surface area contributed by atoms with Gasteiger partial charge in [0, 0.05) is 32.2 Å². The number of ether oxygens (including phenoxy) is 1. The van der Waals surface area contributed by atoms with Crippen molar-refractivity contribution in [1.82, 2.24) is 9.80 Å². The highest BCUT2D eigenvalue weighted by molar-refractivity contribution is 5.66. The molecule has 174 valence electrons. The number of benzene rings is 1. The number of carbonyl (C=O) groups is 1. The van der Waals surface area contributed by atoms with Crippen molar-refractivity contribution in [2.75, 3.05) is 32.8 Å². The van der Waals surface area contributed by atoms with Gasteiger partial charge < -0.3 is 19.8 Å². The predicted octanol–water partition coefficient (Wildman–Crippen LogP) is 4.07. The molecule has 2 aliphatic rings. The summed E-state index contributed by atoms with van der Waals surface area (Å²) in [6, 6.07) is 8.08. The molecule has 1 aromatic carbocycles. The smallest absolute Gasteiger partial charge is 0.407 e. The standard InChI is InChI=1S/C25H40N2O4/c1-24(2,3)19-7-9-21(10-8-19)31-16-20(28)15-26-12-17-11-18(14-26)22(25(4,5)6)27(13-17)23(29)30/h7-10,17-18,20,22,28H,11-16H2,1-6H3,(H,29,30). The lowest BCUT2D eigenvalue weighted by atomic mass is 9.70. The van der Waals surface area contributed by atoms with E-state index in [-0.39, 0.29) is 23.5 Å². The fourth-order valence-electron chi connectivity index (χ4n) is 5.47. The van der Waals surface area contributed by atoms with Gasteiger partial charge in [-0.3, -0.25) is 4.90 Å². The van der Waals surface area contributed by atoms with Crippen LogP contribution < -0.4 is 4.74 Å². The maximum absolute atomic E-state index is 11.9. The topological polar surface area (TPSA) is 73.2 Å². The Morgan fingerprint density at radius 1 is 1.10 bits per heavy atom. The third kappa shape index (κ3) is 5.92. The van der Waals surface area contributed by atoms with Crippen LogP contribution in [0.4, 0.5) is 4.79 Å². The van der Waals surface area contributed by atoms with Crippen molar-refractivity contribution in [1.29, 1.82) is 0 Å². The molecule has 0 aliphatic carbocycles. The van der Waals surface area contributed by atoms with Gasteiger partial charge in [0.25, 0.3) is 0 Å². The first kappa shape index (κ1) is 23.9. The summed E-state index contributed by atoms with van der Waals surface area (Å²) in [6.45, 7) is 16.0. The molecule has 2 fully saturated rings. The van der Waals surface area contributed by atoms with Crippen molar-refractivity contribution in [3.8, 4) is 5.75 Å². The number of nitrogens with zero attached hydrogens (tertiary/aromatic N) is 2. The molecule has 31 heavy (non-hydrogen) atoms. The van der Waals surface area contributed by atoms with Gasteiger partial charge in [0.1, 0.15) is 18.5 Å². The number of β-amino-alcohol motifs (C(OH)–C–C–N with tert-alkyl or cyclic N) is 1. The number of carboxylic acid groups (broad SMARTS) is 1. The summed E-state index contributed by atoms with van der Waals surface area (Å²) in [5.41, 5.74) is 1.24. The molecule has 2 bridgehead atoms. The van der Waals surface area contributed by atoms with Gasteiger partial charge in [-0.1, -0.05) is 53.7 Å². The van der Waals surface area contributed by atoms with E-state index in [0.717, 1.165) is 25.3 Å². The SMILES string of the molecule is CC(C)(C)c1ccc(OCC(O)CN2CC3CC(C2)C(C(C)(C)C)N(C(=O)O)C3)cc1. The van der Waals surface area contributed by atoms with Crippen LogP contribution >= 0.6 is 0 Å². The molecule has 2 aliphatic heterocycles. The lowest BCUT2D eigenvalue weighted by Crippen LogP contribution is -2.63. The highest BCUT2D eigenvalue weighted by atomic mass is 16.5. The van der Waals surface area contributed by atoms with Gasteiger partial charge in [-0.05, 0) is 46.8 Å². The Morgan fingerprint density at radius 3 is 2.29 bits per heavy atom. The number of fused-ring (bicyclic) bond motifs is 2. The third-order valence-corrected chi connectivity index (χ3v) is 6.65. The average molecular weight is 433 g/mol. The number of rotatable bonds is 5. The van der Waals surface area contributed by atoms with Gasteiger partial charge in [0.05, 0.1) is 0 Å². The first-order valence-electron chi connectivity index (χ1n) is 11.5. The average Bonchev–Trinajstić information content (AvgIpc) is 2.64. The van der Waals surface area contributed by atoms with E-state index < -0.39 is 12.2 Å². The van der Waals surface area contributed by atoms with Gasteiger partial charge in [0.2, 0.25) is 0 Å². The summed E-state index contributed by atoms with van der Waals surface area (Å²) >= 11 is 0. The highest BCUT2D eigenvalue weighted by Gasteiger charge is 2.47. The Balaban J connectivity index is 1.55. The molecule has 2 heterocycles. The molecule has 2 saturated heterocycles. The molecular weight excluding hydrogens is 392 g/mol. The Kier molecular flexibility index (Phi) is 6.92. The summed E-state index contributed by atoms with van der Waals surface area (Å²) in [5, 5.41) is 20.3. The van der Waals surface area contributed by atoms with Crippen LogP contribution in [-0.4, -0.2) is 71.0 Å². The molecule has 1 aromatic rings. The minimum atomic E-state index is -0.811. The van der Waals surface area contributed by atoms with E-state index in [9.17, 15) is 15.0 Å². The lowest BCUT2D eigenvalue weighted by molar-refractivity contribution is -0.0545. The van der Waals surface area contributed by atoms with Crippen molar-refractivity contribution in [2.45, 2.75) is 65.5 Å². The van der Waals surface area contributed by atoms with Crippen LogP contribution in [-0.2, 0) is 5.41 Å². The number of aliphatic hydroxyl groups is 1. The fraction of sp³-hybridized carbons (Fsp3) is 0.720. The van der Waals surface area contributed by atoms with Crippen molar-refractivity contribution in [3.05, 3.63) is 29.8 Å². The zero-order valence-electron chi connectivity index (χ0n) is 20.0. The second-order valence-electron chi connectivity index (χ2n) is 11.6. The molecule has 3 rings (SSSR count). The van der Waals surface area contributed by atoms with Gasteiger partial charge in [-0.2, -0.15) is 0 Å². The van der Waals surface area contributed by atoms with Crippen molar-refractivity contribution < 1.29 is 19.7 Å². The Bertz CT molecular complexity index is 750. The van der Waals surface area contributed by atoms with Gasteiger partial charge >= 0.3 is 6.09 Å². The molecule has 6 heteroatoms. The first-order valence-corrected chi connectivity index (χ1v) is 11.5. The Morgan fingerprint density at radius 2 is 1.74 bits per heavy atom. The van der Waals surface area contributed by atoms with Crippen LogP contribution in [0.25, 0.3) is 0 Å². The van der Waals surface area contributed by atoms with Crippen LogP contribution in [0.3, 0.4) is 0 Å². The minimum Gasteiger partial charge on any atom is -0.491 e. The van der Waals surface area contributed by atoms with Crippen molar-refractivity contribution >= 4 is 6.09 Å². The summed E-state index contributed by atoms with van der Waals surface area (Å²) in [7, 11) is 0. The van der Waals surface area contributed by atoms with E-state index in [2.05, 4.69) is 58.6 Å². The minimum absolute atomic E-state index is 0.00114. The first-order chi connectivity index (χ1) is 14.3. The molecule has 1 amide bonds. The summed E-state index contributed by atoms with van der Waals surface area (Å²) in [6.07, 6.45) is -0.326. The van der Waals surface area contributed by atoms with Gasteiger partial charge in [-0.15, -0.1) is 0 Å². The van der Waals surface area contributed by atoms with E-state index in [1.165, 1.54) is 5.56 Å². The molecule has 4 unspecified atom stereocenters. The second-order valence-corrected chi connectivity index (χ2v) is 11.6. The summed E-state index contributed by atoms with van der Waals surface area (Å²) < 4.78 is 5.83. The zero-order chi connectivity index (χ0) is 23.0.